The zero-order valence-corrected chi connectivity index (χ0v) is 12.0. The van der Waals surface area contributed by atoms with Crippen LogP contribution in [0.3, 0.4) is 0 Å². The number of fused-ring (bicyclic) bond motifs is 1. The number of nitrogens with zero attached hydrogens (tertiary/aromatic N) is 3. The van der Waals surface area contributed by atoms with Gasteiger partial charge in [0.25, 0.3) is 0 Å². The van der Waals surface area contributed by atoms with Gasteiger partial charge in [0, 0.05) is 28.9 Å². The minimum Gasteiger partial charge on any atom is -0.465 e. The molecule has 1 aliphatic heterocycles. The molecule has 98 valence electrons. The number of aromatic nitrogens is 2. The van der Waals surface area contributed by atoms with Gasteiger partial charge in [-0.15, -0.1) is 0 Å². The number of hydrogen-bond donors (Lipinski definition) is 1. The number of benzene rings is 1. The summed E-state index contributed by atoms with van der Waals surface area (Å²) in [6.45, 7) is 0.935. The topological polar surface area (TPSA) is 66.3 Å². The second kappa shape index (κ2) is 4.61. The maximum absolute atomic E-state index is 10.8. The average Bonchev–Trinajstić information content (AvgIpc) is 2.29. The first-order valence-corrected chi connectivity index (χ1v) is 6.81. The maximum atomic E-state index is 10.8. The lowest BCUT2D eigenvalue weighted by molar-refractivity contribution is 0.105. The standard InChI is InChI=1S/C12H9BrClN3O2/c13-8-2-10-7(1-9(8)14)11(16-5-15-10)6-3-17(4-6)12(18)19/h1-2,5-6H,3-4H2,(H,18,19). The highest BCUT2D eigenvalue weighted by atomic mass is 79.9. The van der Waals surface area contributed by atoms with Crippen LogP contribution in [0.15, 0.2) is 22.9 Å². The molecule has 19 heavy (non-hydrogen) atoms. The van der Waals surface area contributed by atoms with Gasteiger partial charge in [0.15, 0.2) is 0 Å². The van der Waals surface area contributed by atoms with Crippen LogP contribution in [0.5, 0.6) is 0 Å². The highest BCUT2D eigenvalue weighted by molar-refractivity contribution is 9.10. The molecule has 1 aromatic heterocycles. The highest BCUT2D eigenvalue weighted by Crippen LogP contribution is 2.33. The van der Waals surface area contributed by atoms with Crippen molar-refractivity contribution in [1.82, 2.24) is 14.9 Å². The Bertz CT molecular complexity index is 673. The molecule has 0 saturated carbocycles. The van der Waals surface area contributed by atoms with E-state index in [-0.39, 0.29) is 5.92 Å². The van der Waals surface area contributed by atoms with Crippen molar-refractivity contribution in [2.75, 3.05) is 13.1 Å². The third-order valence-electron chi connectivity index (χ3n) is 3.25. The molecule has 2 aromatic rings. The zero-order chi connectivity index (χ0) is 13.6. The zero-order valence-electron chi connectivity index (χ0n) is 9.68. The lowest BCUT2D eigenvalue weighted by Crippen LogP contribution is -2.48. The Balaban J connectivity index is 2.01. The largest absolute Gasteiger partial charge is 0.465 e. The van der Waals surface area contributed by atoms with Crippen molar-refractivity contribution in [3.63, 3.8) is 0 Å². The predicted molar refractivity (Wildman–Crippen MR) is 74.6 cm³/mol. The lowest BCUT2D eigenvalue weighted by atomic mass is 9.94. The summed E-state index contributed by atoms with van der Waals surface area (Å²) < 4.78 is 0.784. The van der Waals surface area contributed by atoms with Gasteiger partial charge in [-0.3, -0.25) is 0 Å². The number of likely N-dealkylation sites (tertiary alicyclic amines) is 1. The molecule has 1 N–H and O–H groups in total. The summed E-state index contributed by atoms with van der Waals surface area (Å²) >= 11 is 9.46. The second-order valence-electron chi connectivity index (χ2n) is 4.43. The quantitative estimate of drug-likeness (QED) is 0.864. The summed E-state index contributed by atoms with van der Waals surface area (Å²) in [5, 5.41) is 10.3. The number of hydrogen-bond acceptors (Lipinski definition) is 3. The molecule has 0 unspecified atom stereocenters. The van der Waals surface area contributed by atoms with E-state index in [1.54, 1.807) is 0 Å². The molecule has 2 heterocycles. The van der Waals surface area contributed by atoms with Crippen molar-refractivity contribution in [2.24, 2.45) is 0 Å². The van der Waals surface area contributed by atoms with Crippen molar-refractivity contribution < 1.29 is 9.90 Å². The first kappa shape index (κ1) is 12.6. The van der Waals surface area contributed by atoms with E-state index in [1.807, 2.05) is 12.1 Å². The third-order valence-corrected chi connectivity index (χ3v) is 4.44. The first-order valence-electron chi connectivity index (χ1n) is 5.64. The van der Waals surface area contributed by atoms with Gasteiger partial charge in [-0.05, 0) is 28.1 Å². The number of rotatable bonds is 1. The summed E-state index contributed by atoms with van der Waals surface area (Å²) in [4.78, 5) is 20.6. The molecule has 1 amide bonds. The molecule has 1 aliphatic rings. The number of carbonyl (C=O) groups is 1. The van der Waals surface area contributed by atoms with Gasteiger partial charge in [0.1, 0.15) is 6.33 Å². The minimum absolute atomic E-state index is 0.110. The van der Waals surface area contributed by atoms with E-state index in [2.05, 4.69) is 25.9 Å². The van der Waals surface area contributed by atoms with E-state index in [1.165, 1.54) is 11.2 Å². The van der Waals surface area contributed by atoms with E-state index in [9.17, 15) is 4.79 Å². The number of amides is 1. The molecule has 0 atom stereocenters. The molecular weight excluding hydrogens is 334 g/mol. The van der Waals surface area contributed by atoms with Crippen LogP contribution in [-0.4, -0.2) is 39.2 Å². The van der Waals surface area contributed by atoms with Crippen molar-refractivity contribution in [3.8, 4) is 0 Å². The monoisotopic (exact) mass is 341 g/mol. The van der Waals surface area contributed by atoms with Crippen molar-refractivity contribution >= 4 is 44.5 Å². The van der Waals surface area contributed by atoms with Crippen molar-refractivity contribution in [1.29, 1.82) is 0 Å². The molecule has 0 aliphatic carbocycles. The normalized spacial score (nSPS) is 15.6. The molecule has 0 spiro atoms. The van der Waals surface area contributed by atoms with E-state index >= 15 is 0 Å². The molecule has 7 heteroatoms. The highest BCUT2D eigenvalue weighted by Gasteiger charge is 2.33. The molecular formula is C12H9BrClN3O2. The van der Waals surface area contributed by atoms with Gasteiger partial charge >= 0.3 is 6.09 Å². The second-order valence-corrected chi connectivity index (χ2v) is 5.69. The van der Waals surface area contributed by atoms with Gasteiger partial charge in [-0.1, -0.05) is 11.6 Å². The Morgan fingerprint density at radius 3 is 2.84 bits per heavy atom. The number of carboxylic acid groups (broad SMARTS) is 1. The van der Waals surface area contributed by atoms with E-state index in [4.69, 9.17) is 16.7 Å². The van der Waals surface area contributed by atoms with Crippen LogP contribution in [0.2, 0.25) is 5.02 Å². The fraction of sp³-hybridized carbons (Fsp3) is 0.250. The van der Waals surface area contributed by atoms with Crippen LogP contribution in [0.25, 0.3) is 10.9 Å². The average molecular weight is 343 g/mol. The van der Waals surface area contributed by atoms with Crippen molar-refractivity contribution in [2.45, 2.75) is 5.92 Å². The SMILES string of the molecule is O=C(O)N1CC(c2ncnc3cc(Br)c(Cl)cc23)C1. The summed E-state index contributed by atoms with van der Waals surface area (Å²) in [7, 11) is 0. The molecule has 1 saturated heterocycles. The smallest absolute Gasteiger partial charge is 0.407 e. The van der Waals surface area contributed by atoms with E-state index in [0.29, 0.717) is 18.1 Å². The maximum Gasteiger partial charge on any atom is 0.407 e. The van der Waals surface area contributed by atoms with Crippen molar-refractivity contribution in [3.05, 3.63) is 33.6 Å². The van der Waals surface area contributed by atoms with Crippen LogP contribution in [0.4, 0.5) is 4.79 Å². The fourth-order valence-corrected chi connectivity index (χ4v) is 2.70. The van der Waals surface area contributed by atoms with Crippen LogP contribution in [0, 0.1) is 0 Å². The van der Waals surface area contributed by atoms with Crippen LogP contribution in [0.1, 0.15) is 11.6 Å². The van der Waals surface area contributed by atoms with Crippen LogP contribution in [-0.2, 0) is 0 Å². The first-order chi connectivity index (χ1) is 9.06. The molecule has 1 aromatic carbocycles. The Kier molecular flexibility index (Phi) is 3.06. The van der Waals surface area contributed by atoms with Gasteiger partial charge in [0.2, 0.25) is 0 Å². The van der Waals surface area contributed by atoms with Gasteiger partial charge < -0.3 is 10.0 Å². The predicted octanol–water partition coefficient (Wildman–Crippen LogP) is 3.12. The van der Waals surface area contributed by atoms with E-state index < -0.39 is 6.09 Å². The molecule has 1 fully saturated rings. The fourth-order valence-electron chi connectivity index (χ4n) is 2.20. The van der Waals surface area contributed by atoms with Gasteiger partial charge in [-0.2, -0.15) is 0 Å². The molecule has 0 bridgehead atoms. The van der Waals surface area contributed by atoms with Gasteiger partial charge in [0.05, 0.1) is 16.2 Å². The lowest BCUT2D eigenvalue weighted by Gasteiger charge is -2.36. The molecule has 0 radical (unpaired) electrons. The summed E-state index contributed by atoms with van der Waals surface area (Å²) in [6.07, 6.45) is 0.608. The molecule has 3 rings (SSSR count). The Morgan fingerprint density at radius 2 is 2.16 bits per heavy atom. The number of halogens is 2. The van der Waals surface area contributed by atoms with Crippen LogP contribution < -0.4 is 0 Å². The third kappa shape index (κ3) is 2.15. The van der Waals surface area contributed by atoms with E-state index in [0.717, 1.165) is 21.1 Å². The summed E-state index contributed by atoms with van der Waals surface area (Å²) in [5.41, 5.74) is 1.66. The van der Waals surface area contributed by atoms with Crippen LogP contribution >= 0.6 is 27.5 Å². The Hall–Kier alpha value is -1.40. The summed E-state index contributed by atoms with van der Waals surface area (Å²) in [5.74, 6) is 0.110. The minimum atomic E-state index is -0.893. The Morgan fingerprint density at radius 1 is 1.42 bits per heavy atom. The molecule has 5 nitrogen and oxygen atoms in total. The van der Waals surface area contributed by atoms with Gasteiger partial charge in [-0.25, -0.2) is 14.8 Å². The summed E-state index contributed by atoms with van der Waals surface area (Å²) in [6, 6.07) is 3.66. The Labute approximate surface area is 122 Å².